The molecular formula is C38H25F3. The third kappa shape index (κ3) is 4.44. The molecule has 0 aliphatic heterocycles. The molecule has 198 valence electrons. The highest BCUT2D eigenvalue weighted by Gasteiger charge is 2.31. The Hall–Kier alpha value is -4.89. The molecule has 0 saturated carbocycles. The summed E-state index contributed by atoms with van der Waals surface area (Å²) in [6, 6.07) is 43.2. The van der Waals surface area contributed by atoms with Crippen LogP contribution in [0.1, 0.15) is 11.1 Å². The Morgan fingerprint density at radius 2 is 1.00 bits per heavy atom. The van der Waals surface area contributed by atoms with Crippen molar-refractivity contribution in [3.8, 4) is 33.4 Å². The van der Waals surface area contributed by atoms with Crippen molar-refractivity contribution >= 4 is 32.3 Å². The predicted octanol–water partition coefficient (Wildman–Crippen LogP) is 11.5. The minimum Gasteiger partial charge on any atom is -0.166 e. The second-order valence-corrected chi connectivity index (χ2v) is 10.6. The zero-order valence-electron chi connectivity index (χ0n) is 22.3. The Bertz CT molecular complexity index is 2080. The normalized spacial score (nSPS) is 11.9. The molecular weight excluding hydrogens is 513 g/mol. The number of rotatable bonds is 3. The van der Waals surface area contributed by atoms with Gasteiger partial charge in [0, 0.05) is 0 Å². The van der Waals surface area contributed by atoms with Gasteiger partial charge in [-0.25, -0.2) is 0 Å². The van der Waals surface area contributed by atoms with Crippen molar-refractivity contribution in [1.29, 1.82) is 0 Å². The fraction of sp³-hybridized carbons (Fsp3) is 0.0526. The van der Waals surface area contributed by atoms with E-state index in [2.05, 4.69) is 85.8 Å². The van der Waals surface area contributed by atoms with Crippen molar-refractivity contribution in [2.24, 2.45) is 0 Å². The van der Waals surface area contributed by atoms with Gasteiger partial charge in [-0.05, 0) is 96.9 Å². The number of aryl methyl sites for hydroxylation is 1. The van der Waals surface area contributed by atoms with Gasteiger partial charge < -0.3 is 0 Å². The van der Waals surface area contributed by atoms with Gasteiger partial charge in [0.15, 0.2) is 0 Å². The molecule has 0 N–H and O–H groups in total. The second-order valence-electron chi connectivity index (χ2n) is 10.6. The standard InChI is InChI=1S/C38H25F3/c1-24-13-15-26(16-14-24)28-19-20-34-35(23-28)37(29-9-6-10-31(22-29)38(39,40)41)33-12-5-4-11-32(33)36(34)30-18-17-25-7-2-3-8-27(25)21-30/h2-23H,1H3. The molecule has 0 unspecified atom stereocenters. The average molecular weight is 539 g/mol. The summed E-state index contributed by atoms with van der Waals surface area (Å²) in [5.74, 6) is 0. The van der Waals surface area contributed by atoms with E-state index in [1.807, 2.05) is 30.3 Å². The van der Waals surface area contributed by atoms with Gasteiger partial charge in [-0.15, -0.1) is 0 Å². The van der Waals surface area contributed by atoms with Crippen LogP contribution in [0.3, 0.4) is 0 Å². The lowest BCUT2D eigenvalue weighted by Crippen LogP contribution is -2.04. The molecule has 0 spiro atoms. The van der Waals surface area contributed by atoms with Gasteiger partial charge in [-0.3, -0.25) is 0 Å². The highest BCUT2D eigenvalue weighted by atomic mass is 19.4. The van der Waals surface area contributed by atoms with Crippen LogP contribution in [-0.4, -0.2) is 0 Å². The van der Waals surface area contributed by atoms with E-state index in [0.29, 0.717) is 5.56 Å². The quantitative estimate of drug-likeness (QED) is 0.196. The van der Waals surface area contributed by atoms with Gasteiger partial charge in [0.25, 0.3) is 0 Å². The first-order valence-electron chi connectivity index (χ1n) is 13.6. The second kappa shape index (κ2) is 9.64. The van der Waals surface area contributed by atoms with Crippen LogP contribution < -0.4 is 0 Å². The number of hydrogen-bond acceptors (Lipinski definition) is 0. The van der Waals surface area contributed by atoms with Crippen molar-refractivity contribution in [2.45, 2.75) is 13.1 Å². The molecule has 0 aliphatic carbocycles. The molecule has 0 amide bonds. The highest BCUT2D eigenvalue weighted by molar-refractivity contribution is 6.22. The topological polar surface area (TPSA) is 0 Å². The van der Waals surface area contributed by atoms with E-state index < -0.39 is 11.7 Å². The molecule has 0 radical (unpaired) electrons. The minimum atomic E-state index is -4.43. The minimum absolute atomic E-state index is 0.548. The maximum absolute atomic E-state index is 13.8. The molecule has 7 aromatic rings. The summed E-state index contributed by atoms with van der Waals surface area (Å²) >= 11 is 0. The van der Waals surface area contributed by atoms with Crippen LogP contribution in [0.4, 0.5) is 13.2 Å². The van der Waals surface area contributed by atoms with Crippen molar-refractivity contribution in [3.05, 3.63) is 145 Å². The molecule has 0 saturated heterocycles. The fourth-order valence-corrected chi connectivity index (χ4v) is 5.92. The summed E-state index contributed by atoms with van der Waals surface area (Å²) in [6.07, 6.45) is -4.43. The Labute approximate surface area is 236 Å². The van der Waals surface area contributed by atoms with Crippen molar-refractivity contribution in [3.63, 3.8) is 0 Å². The van der Waals surface area contributed by atoms with E-state index in [1.165, 1.54) is 17.7 Å². The molecule has 7 rings (SSSR count). The lowest BCUT2D eigenvalue weighted by atomic mass is 9.84. The Balaban J connectivity index is 1.61. The molecule has 0 aromatic heterocycles. The van der Waals surface area contributed by atoms with Gasteiger partial charge in [0.05, 0.1) is 5.56 Å². The number of alkyl halides is 3. The van der Waals surface area contributed by atoms with Gasteiger partial charge in [-0.2, -0.15) is 13.2 Å². The van der Waals surface area contributed by atoms with E-state index in [0.717, 1.165) is 66.2 Å². The molecule has 0 fully saturated rings. The highest BCUT2D eigenvalue weighted by Crippen LogP contribution is 2.46. The van der Waals surface area contributed by atoms with E-state index in [1.54, 1.807) is 6.07 Å². The van der Waals surface area contributed by atoms with E-state index in [9.17, 15) is 13.2 Å². The van der Waals surface area contributed by atoms with Gasteiger partial charge in [0.1, 0.15) is 0 Å². The number of hydrogen-bond donors (Lipinski definition) is 0. The van der Waals surface area contributed by atoms with Gasteiger partial charge in [0.2, 0.25) is 0 Å². The number of halogens is 3. The van der Waals surface area contributed by atoms with Crippen molar-refractivity contribution in [2.75, 3.05) is 0 Å². The van der Waals surface area contributed by atoms with Crippen LogP contribution in [0.5, 0.6) is 0 Å². The molecule has 0 atom stereocenters. The van der Waals surface area contributed by atoms with Crippen molar-refractivity contribution < 1.29 is 13.2 Å². The first-order chi connectivity index (χ1) is 19.9. The summed E-state index contributed by atoms with van der Waals surface area (Å²) < 4.78 is 41.5. The van der Waals surface area contributed by atoms with E-state index >= 15 is 0 Å². The summed E-state index contributed by atoms with van der Waals surface area (Å²) in [4.78, 5) is 0. The van der Waals surface area contributed by atoms with Crippen LogP contribution in [0.2, 0.25) is 0 Å². The summed E-state index contributed by atoms with van der Waals surface area (Å²) in [7, 11) is 0. The van der Waals surface area contributed by atoms with Crippen LogP contribution in [-0.2, 0) is 6.18 Å². The van der Waals surface area contributed by atoms with Crippen LogP contribution in [0.15, 0.2) is 133 Å². The fourth-order valence-electron chi connectivity index (χ4n) is 5.92. The first-order valence-corrected chi connectivity index (χ1v) is 13.6. The molecule has 3 heteroatoms. The summed E-state index contributed by atoms with van der Waals surface area (Å²) in [5.41, 5.74) is 6.10. The molecule has 7 aromatic carbocycles. The Morgan fingerprint density at radius 1 is 0.415 bits per heavy atom. The van der Waals surface area contributed by atoms with Crippen molar-refractivity contribution in [1.82, 2.24) is 0 Å². The Morgan fingerprint density at radius 3 is 1.73 bits per heavy atom. The molecule has 0 heterocycles. The van der Waals surface area contributed by atoms with Gasteiger partial charge >= 0.3 is 6.18 Å². The number of fused-ring (bicyclic) bond motifs is 3. The monoisotopic (exact) mass is 538 g/mol. The lowest BCUT2D eigenvalue weighted by molar-refractivity contribution is -0.137. The van der Waals surface area contributed by atoms with E-state index in [4.69, 9.17) is 0 Å². The smallest absolute Gasteiger partial charge is 0.166 e. The maximum atomic E-state index is 13.8. The molecule has 0 bridgehead atoms. The van der Waals surface area contributed by atoms with Crippen LogP contribution in [0, 0.1) is 6.92 Å². The zero-order chi connectivity index (χ0) is 28.1. The SMILES string of the molecule is Cc1ccc(-c2ccc3c(-c4ccc5ccccc5c4)c4ccccc4c(-c4cccc(C(F)(F)F)c4)c3c2)cc1. The average Bonchev–Trinajstić information content (AvgIpc) is 2.99. The zero-order valence-corrected chi connectivity index (χ0v) is 22.3. The largest absolute Gasteiger partial charge is 0.416 e. The Kier molecular flexibility index (Phi) is 5.90. The summed E-state index contributed by atoms with van der Waals surface area (Å²) in [5, 5.41) is 6.15. The third-order valence-electron chi connectivity index (χ3n) is 7.93. The van der Waals surface area contributed by atoms with Crippen LogP contribution in [0.25, 0.3) is 65.7 Å². The predicted molar refractivity (Wildman–Crippen MR) is 165 cm³/mol. The van der Waals surface area contributed by atoms with Gasteiger partial charge in [-0.1, -0.05) is 115 Å². The lowest BCUT2D eigenvalue weighted by Gasteiger charge is -2.19. The first kappa shape index (κ1) is 25.1. The van der Waals surface area contributed by atoms with Crippen LogP contribution >= 0.6 is 0 Å². The molecule has 0 nitrogen and oxygen atoms in total. The maximum Gasteiger partial charge on any atom is 0.416 e. The summed E-state index contributed by atoms with van der Waals surface area (Å²) in [6.45, 7) is 2.05. The number of benzene rings is 7. The molecule has 41 heavy (non-hydrogen) atoms. The van der Waals surface area contributed by atoms with E-state index in [-0.39, 0.29) is 0 Å². The molecule has 0 aliphatic rings. The third-order valence-corrected chi connectivity index (χ3v) is 7.93.